The van der Waals surface area contributed by atoms with Gasteiger partial charge in [-0.05, 0) is 6.07 Å². The molecule has 1 rings (SSSR count). The lowest BCUT2D eigenvalue weighted by molar-refractivity contribution is -0.149. The van der Waals surface area contributed by atoms with Crippen molar-refractivity contribution in [2.45, 2.75) is 12.2 Å². The largest absolute Gasteiger partial charge is 0.491 e. The molecule has 1 aromatic carbocycles. The first-order valence-electron chi connectivity index (χ1n) is 4.23. The maximum absolute atomic E-state index is 13.4. The van der Waals surface area contributed by atoms with E-state index in [1.807, 2.05) is 0 Å². The smallest absolute Gasteiger partial charge is 0.407 e. The quantitative estimate of drug-likeness (QED) is 0.654. The second kappa shape index (κ2) is 4.44. The van der Waals surface area contributed by atoms with Crippen LogP contribution in [-0.4, -0.2) is 13.3 Å². The average Bonchev–Trinajstić information content (AvgIpc) is 2.22. The summed E-state index contributed by atoms with van der Waals surface area (Å²) in [5.41, 5.74) is 3.49. The Labute approximate surface area is 92.0 Å². The molecule has 0 radical (unpaired) electrons. The normalized spacial score (nSPS) is 13.6. The molecule has 0 aromatic heterocycles. The van der Waals surface area contributed by atoms with E-state index < -0.39 is 41.0 Å². The summed E-state index contributed by atoms with van der Waals surface area (Å²) in [7, 11) is 0.795. The molecule has 2 nitrogen and oxygen atoms in total. The fourth-order valence-corrected chi connectivity index (χ4v) is 1.18. The molecule has 8 heteroatoms. The molecule has 0 bridgehead atoms. The number of methoxy groups -OCH3 is 1. The van der Waals surface area contributed by atoms with Crippen molar-refractivity contribution in [3.05, 3.63) is 29.1 Å². The Morgan fingerprint density at radius 1 is 1.18 bits per heavy atom. The number of alkyl halides is 3. The van der Waals surface area contributed by atoms with Crippen molar-refractivity contribution in [3.8, 4) is 5.75 Å². The third kappa shape index (κ3) is 2.46. The van der Waals surface area contributed by atoms with Crippen LogP contribution in [0.3, 0.4) is 0 Å². The van der Waals surface area contributed by atoms with Crippen LogP contribution in [0.1, 0.15) is 11.6 Å². The molecule has 2 N–H and O–H groups in total. The van der Waals surface area contributed by atoms with Crippen LogP contribution in [0.2, 0.25) is 0 Å². The number of rotatable bonds is 2. The molecule has 0 aliphatic heterocycles. The zero-order valence-corrected chi connectivity index (χ0v) is 8.41. The van der Waals surface area contributed by atoms with Crippen LogP contribution in [0.5, 0.6) is 5.75 Å². The molecule has 0 saturated carbocycles. The third-order valence-corrected chi connectivity index (χ3v) is 2.04. The summed E-state index contributed by atoms with van der Waals surface area (Å²) >= 11 is 0. The van der Waals surface area contributed by atoms with Gasteiger partial charge in [-0.25, -0.2) is 8.78 Å². The molecule has 96 valence electrons. The molecule has 0 amide bonds. The van der Waals surface area contributed by atoms with Crippen LogP contribution in [0.25, 0.3) is 0 Å². The van der Waals surface area contributed by atoms with Gasteiger partial charge in [-0.15, -0.1) is 0 Å². The van der Waals surface area contributed by atoms with Crippen LogP contribution in [0.15, 0.2) is 6.07 Å². The zero-order valence-electron chi connectivity index (χ0n) is 8.41. The zero-order chi connectivity index (χ0) is 13.4. The monoisotopic (exact) mass is 259 g/mol. The number of halogens is 6. The Morgan fingerprint density at radius 3 is 2.12 bits per heavy atom. The van der Waals surface area contributed by atoms with Gasteiger partial charge in [0.2, 0.25) is 5.82 Å². The van der Waals surface area contributed by atoms with Gasteiger partial charge in [0.25, 0.3) is 0 Å². The standard InChI is InChI=1S/C9H7F6NO/c1-17-7-5(11)3(2-4(10)6(7)12)8(16)9(13,14)15/h2,8H,16H2,1H3/t8-/m0/s1. The van der Waals surface area contributed by atoms with E-state index in [1.165, 1.54) is 0 Å². The Balaban J connectivity index is 3.41. The first-order chi connectivity index (χ1) is 7.70. The molecular formula is C9H7F6NO. The summed E-state index contributed by atoms with van der Waals surface area (Å²) in [4.78, 5) is 0. The summed E-state index contributed by atoms with van der Waals surface area (Å²) in [6.07, 6.45) is -4.98. The highest BCUT2D eigenvalue weighted by Crippen LogP contribution is 2.36. The SMILES string of the molecule is COc1c(F)c(F)cc([C@H](N)C(F)(F)F)c1F. The fraction of sp³-hybridized carbons (Fsp3) is 0.333. The van der Waals surface area contributed by atoms with E-state index >= 15 is 0 Å². The minimum atomic E-state index is -4.98. The van der Waals surface area contributed by atoms with E-state index in [2.05, 4.69) is 4.74 Å². The second-order valence-corrected chi connectivity index (χ2v) is 3.13. The highest BCUT2D eigenvalue weighted by atomic mass is 19.4. The van der Waals surface area contributed by atoms with Crippen LogP contribution >= 0.6 is 0 Å². The number of ether oxygens (including phenoxy) is 1. The fourth-order valence-electron chi connectivity index (χ4n) is 1.18. The van der Waals surface area contributed by atoms with Crippen molar-refractivity contribution in [3.63, 3.8) is 0 Å². The van der Waals surface area contributed by atoms with Crippen LogP contribution in [0, 0.1) is 17.5 Å². The summed E-state index contributed by atoms with van der Waals surface area (Å²) in [5, 5.41) is 0. The molecule has 0 aliphatic rings. The summed E-state index contributed by atoms with van der Waals surface area (Å²) in [6.45, 7) is 0. The Bertz CT molecular complexity index is 430. The van der Waals surface area contributed by atoms with E-state index in [9.17, 15) is 26.3 Å². The summed E-state index contributed by atoms with van der Waals surface area (Å²) in [5.74, 6) is -6.28. The summed E-state index contributed by atoms with van der Waals surface area (Å²) < 4.78 is 80.1. The third-order valence-electron chi connectivity index (χ3n) is 2.04. The van der Waals surface area contributed by atoms with Gasteiger partial charge in [0.05, 0.1) is 7.11 Å². The van der Waals surface area contributed by atoms with Gasteiger partial charge in [0, 0.05) is 5.56 Å². The first kappa shape index (κ1) is 13.6. The van der Waals surface area contributed by atoms with Gasteiger partial charge in [0.1, 0.15) is 6.04 Å². The van der Waals surface area contributed by atoms with Crippen LogP contribution in [0.4, 0.5) is 26.3 Å². The van der Waals surface area contributed by atoms with Gasteiger partial charge in [0.15, 0.2) is 17.4 Å². The molecule has 0 aliphatic carbocycles. The van der Waals surface area contributed by atoms with Crippen molar-refractivity contribution >= 4 is 0 Å². The molecular weight excluding hydrogens is 252 g/mol. The number of hydrogen-bond acceptors (Lipinski definition) is 2. The minimum absolute atomic E-state index is 0.0609. The van der Waals surface area contributed by atoms with E-state index in [1.54, 1.807) is 0 Å². The maximum Gasteiger partial charge on any atom is 0.407 e. The Hall–Kier alpha value is -1.44. The molecule has 0 saturated heterocycles. The minimum Gasteiger partial charge on any atom is -0.491 e. The highest BCUT2D eigenvalue weighted by molar-refractivity contribution is 5.36. The van der Waals surface area contributed by atoms with Crippen molar-refractivity contribution in [1.29, 1.82) is 0 Å². The van der Waals surface area contributed by atoms with Gasteiger partial charge in [-0.1, -0.05) is 0 Å². The topological polar surface area (TPSA) is 35.2 Å². The first-order valence-corrected chi connectivity index (χ1v) is 4.23. The lowest BCUT2D eigenvalue weighted by Crippen LogP contribution is -2.29. The molecule has 1 atom stereocenters. The van der Waals surface area contributed by atoms with E-state index in [0.29, 0.717) is 0 Å². The highest BCUT2D eigenvalue weighted by Gasteiger charge is 2.41. The van der Waals surface area contributed by atoms with E-state index in [-0.39, 0.29) is 6.07 Å². The predicted molar refractivity (Wildman–Crippen MR) is 45.9 cm³/mol. The number of hydrogen-bond donors (Lipinski definition) is 1. The van der Waals surface area contributed by atoms with Crippen LogP contribution in [-0.2, 0) is 0 Å². The van der Waals surface area contributed by atoms with Gasteiger partial charge >= 0.3 is 6.18 Å². The van der Waals surface area contributed by atoms with Crippen molar-refractivity contribution < 1.29 is 31.1 Å². The lowest BCUT2D eigenvalue weighted by Gasteiger charge is -2.18. The molecule has 0 fully saturated rings. The lowest BCUT2D eigenvalue weighted by atomic mass is 10.1. The van der Waals surface area contributed by atoms with Crippen molar-refractivity contribution in [1.82, 2.24) is 0 Å². The predicted octanol–water partition coefficient (Wildman–Crippen LogP) is 2.67. The van der Waals surface area contributed by atoms with Crippen molar-refractivity contribution in [2.75, 3.05) is 7.11 Å². The Kier molecular flexibility index (Phi) is 3.56. The van der Waals surface area contributed by atoms with Gasteiger partial charge < -0.3 is 10.5 Å². The van der Waals surface area contributed by atoms with E-state index in [4.69, 9.17) is 5.73 Å². The van der Waals surface area contributed by atoms with Crippen LogP contribution < -0.4 is 10.5 Å². The average molecular weight is 259 g/mol. The Morgan fingerprint density at radius 2 is 1.71 bits per heavy atom. The molecule has 0 spiro atoms. The molecule has 1 aromatic rings. The number of nitrogens with two attached hydrogens (primary N) is 1. The van der Waals surface area contributed by atoms with Gasteiger partial charge in [-0.3, -0.25) is 0 Å². The summed E-state index contributed by atoms with van der Waals surface area (Å²) in [6, 6.07) is -2.70. The van der Waals surface area contributed by atoms with Gasteiger partial charge in [-0.2, -0.15) is 17.6 Å². The maximum atomic E-state index is 13.4. The van der Waals surface area contributed by atoms with E-state index in [0.717, 1.165) is 7.11 Å². The molecule has 0 heterocycles. The number of benzene rings is 1. The second-order valence-electron chi connectivity index (χ2n) is 3.13. The molecule has 0 unspecified atom stereocenters. The van der Waals surface area contributed by atoms with Crippen molar-refractivity contribution in [2.24, 2.45) is 5.73 Å². The molecule has 17 heavy (non-hydrogen) atoms.